The number of anilines is 1. The lowest BCUT2D eigenvalue weighted by Gasteiger charge is -2.37. The SMILES string of the molecule is CCCCc1cc(Cl)c(C)c(C(=O)Nc2ccc(C(c3ccccc3)(c3ccccc3)c3ccccc3)cc2)c1O. The van der Waals surface area contributed by atoms with Gasteiger partial charge in [0, 0.05) is 10.7 Å². The Labute approximate surface area is 247 Å². The van der Waals surface area contributed by atoms with E-state index in [-0.39, 0.29) is 17.2 Å². The Kier molecular flexibility index (Phi) is 8.56. The molecule has 2 N–H and O–H groups in total. The van der Waals surface area contributed by atoms with Crippen molar-refractivity contribution < 1.29 is 9.90 Å². The first-order valence-corrected chi connectivity index (χ1v) is 14.4. The van der Waals surface area contributed by atoms with Crippen molar-refractivity contribution in [1.29, 1.82) is 0 Å². The highest BCUT2D eigenvalue weighted by Gasteiger charge is 2.38. The third-order valence-electron chi connectivity index (χ3n) is 7.80. The van der Waals surface area contributed by atoms with Crippen molar-refractivity contribution in [1.82, 2.24) is 0 Å². The van der Waals surface area contributed by atoms with Crippen LogP contribution in [0.25, 0.3) is 0 Å². The van der Waals surface area contributed by atoms with Gasteiger partial charge in [-0.2, -0.15) is 0 Å². The fourth-order valence-electron chi connectivity index (χ4n) is 5.68. The highest BCUT2D eigenvalue weighted by Crippen LogP contribution is 2.45. The zero-order chi connectivity index (χ0) is 28.8. The van der Waals surface area contributed by atoms with Crippen molar-refractivity contribution in [3.8, 4) is 5.75 Å². The molecule has 0 unspecified atom stereocenters. The number of aryl methyl sites for hydroxylation is 1. The van der Waals surface area contributed by atoms with Crippen LogP contribution in [0.3, 0.4) is 0 Å². The molecule has 0 saturated carbocycles. The first-order chi connectivity index (χ1) is 20.0. The van der Waals surface area contributed by atoms with E-state index >= 15 is 0 Å². The van der Waals surface area contributed by atoms with E-state index in [1.54, 1.807) is 13.0 Å². The van der Waals surface area contributed by atoms with Crippen LogP contribution < -0.4 is 5.32 Å². The standard InChI is InChI=1S/C37H34ClNO2/c1-3-4-14-27-25-33(38)26(2)34(35(27)40)36(41)39-32-23-21-31(22-24-32)37(28-15-8-5-9-16-28,29-17-10-6-11-18-29)30-19-12-7-13-20-30/h5-13,15-25,40H,3-4,14H2,1-2H3,(H,39,41). The van der Waals surface area contributed by atoms with Gasteiger partial charge in [-0.3, -0.25) is 4.79 Å². The highest BCUT2D eigenvalue weighted by atomic mass is 35.5. The molecule has 0 aromatic heterocycles. The van der Waals surface area contributed by atoms with Gasteiger partial charge in [-0.1, -0.05) is 128 Å². The van der Waals surface area contributed by atoms with E-state index in [0.717, 1.165) is 35.1 Å². The van der Waals surface area contributed by atoms with Crippen LogP contribution >= 0.6 is 11.6 Å². The fraction of sp³-hybridized carbons (Fsp3) is 0.162. The molecule has 0 aliphatic rings. The molecule has 0 spiro atoms. The predicted octanol–water partition coefficient (Wildman–Crippen LogP) is 9.33. The molecule has 0 heterocycles. The molecule has 5 aromatic carbocycles. The number of nitrogens with one attached hydrogen (secondary N) is 1. The minimum Gasteiger partial charge on any atom is -0.507 e. The summed E-state index contributed by atoms with van der Waals surface area (Å²) in [5.41, 5.74) is 6.06. The number of phenols is 1. The third-order valence-corrected chi connectivity index (χ3v) is 8.19. The molecule has 0 radical (unpaired) electrons. The summed E-state index contributed by atoms with van der Waals surface area (Å²) in [7, 11) is 0. The van der Waals surface area contributed by atoms with Crippen molar-refractivity contribution in [2.24, 2.45) is 0 Å². The molecule has 0 aliphatic heterocycles. The fourth-order valence-corrected chi connectivity index (χ4v) is 5.91. The molecule has 5 aromatic rings. The molecule has 4 heteroatoms. The first-order valence-electron chi connectivity index (χ1n) is 14.1. The van der Waals surface area contributed by atoms with Crippen molar-refractivity contribution in [2.75, 3.05) is 5.32 Å². The van der Waals surface area contributed by atoms with E-state index in [2.05, 4.69) is 97.2 Å². The highest BCUT2D eigenvalue weighted by molar-refractivity contribution is 6.32. The molecule has 206 valence electrons. The Hall–Kier alpha value is -4.34. The number of unbranched alkanes of at least 4 members (excludes halogenated alkanes) is 1. The topological polar surface area (TPSA) is 49.3 Å². The second-order valence-corrected chi connectivity index (χ2v) is 10.8. The molecule has 0 fully saturated rings. The van der Waals surface area contributed by atoms with E-state index in [0.29, 0.717) is 28.3 Å². The molecular weight excluding hydrogens is 526 g/mol. The van der Waals surface area contributed by atoms with Crippen LogP contribution in [0, 0.1) is 6.92 Å². The Morgan fingerprint density at radius 3 is 1.68 bits per heavy atom. The van der Waals surface area contributed by atoms with Crippen molar-refractivity contribution >= 4 is 23.2 Å². The summed E-state index contributed by atoms with van der Waals surface area (Å²) in [5, 5.41) is 14.4. The number of hydrogen-bond donors (Lipinski definition) is 2. The van der Waals surface area contributed by atoms with E-state index in [1.807, 2.05) is 30.3 Å². The quantitative estimate of drug-likeness (QED) is 0.177. The zero-order valence-electron chi connectivity index (χ0n) is 23.4. The Bertz CT molecular complexity index is 1520. The zero-order valence-corrected chi connectivity index (χ0v) is 24.2. The lowest BCUT2D eigenvalue weighted by atomic mass is 9.65. The summed E-state index contributed by atoms with van der Waals surface area (Å²) in [6.07, 6.45) is 2.55. The third kappa shape index (κ3) is 5.51. The van der Waals surface area contributed by atoms with Crippen molar-refractivity contribution in [3.05, 3.63) is 165 Å². The van der Waals surface area contributed by atoms with Gasteiger partial charge in [0.25, 0.3) is 5.91 Å². The maximum absolute atomic E-state index is 13.5. The van der Waals surface area contributed by atoms with E-state index in [1.165, 1.54) is 0 Å². The van der Waals surface area contributed by atoms with Crippen molar-refractivity contribution in [3.63, 3.8) is 0 Å². The summed E-state index contributed by atoms with van der Waals surface area (Å²) < 4.78 is 0. The van der Waals surface area contributed by atoms with Gasteiger partial charge >= 0.3 is 0 Å². The van der Waals surface area contributed by atoms with Gasteiger partial charge in [0.05, 0.1) is 11.0 Å². The van der Waals surface area contributed by atoms with Crippen LogP contribution in [-0.4, -0.2) is 11.0 Å². The number of carbonyl (C=O) groups is 1. The van der Waals surface area contributed by atoms with Crippen LogP contribution in [0.4, 0.5) is 5.69 Å². The molecule has 1 amide bonds. The number of hydrogen-bond acceptors (Lipinski definition) is 2. The summed E-state index contributed by atoms with van der Waals surface area (Å²) in [5.74, 6) is -0.376. The minimum atomic E-state index is -0.567. The number of halogens is 1. The Morgan fingerprint density at radius 2 is 1.22 bits per heavy atom. The molecule has 0 saturated heterocycles. The normalized spacial score (nSPS) is 11.3. The second kappa shape index (κ2) is 12.4. The van der Waals surface area contributed by atoms with E-state index in [4.69, 9.17) is 11.6 Å². The maximum Gasteiger partial charge on any atom is 0.259 e. The van der Waals surface area contributed by atoms with Gasteiger partial charge in [0.15, 0.2) is 0 Å². The Balaban J connectivity index is 1.57. The lowest BCUT2D eigenvalue weighted by molar-refractivity contribution is 0.102. The largest absolute Gasteiger partial charge is 0.507 e. The van der Waals surface area contributed by atoms with Gasteiger partial charge < -0.3 is 10.4 Å². The van der Waals surface area contributed by atoms with E-state index in [9.17, 15) is 9.90 Å². The van der Waals surface area contributed by atoms with Crippen LogP contribution in [0.1, 0.15) is 63.5 Å². The van der Waals surface area contributed by atoms with Crippen LogP contribution in [0.2, 0.25) is 5.02 Å². The number of aromatic hydroxyl groups is 1. The number of carbonyl (C=O) groups excluding carboxylic acids is 1. The second-order valence-electron chi connectivity index (χ2n) is 10.3. The molecule has 0 atom stereocenters. The maximum atomic E-state index is 13.5. The predicted molar refractivity (Wildman–Crippen MR) is 169 cm³/mol. The molecule has 0 aliphatic carbocycles. The molecule has 3 nitrogen and oxygen atoms in total. The number of benzene rings is 5. The summed E-state index contributed by atoms with van der Waals surface area (Å²) in [6.45, 7) is 3.85. The molecule has 0 bridgehead atoms. The molecular formula is C37H34ClNO2. The number of rotatable bonds is 9. The number of phenolic OH excluding ortho intramolecular Hbond substituents is 1. The average Bonchev–Trinajstić information content (AvgIpc) is 3.01. The summed E-state index contributed by atoms with van der Waals surface area (Å²) in [4.78, 5) is 13.5. The van der Waals surface area contributed by atoms with Gasteiger partial charge in [0.1, 0.15) is 5.75 Å². The van der Waals surface area contributed by atoms with Gasteiger partial charge in [0.2, 0.25) is 0 Å². The van der Waals surface area contributed by atoms with Crippen molar-refractivity contribution in [2.45, 2.75) is 38.5 Å². The molecule has 5 rings (SSSR count). The van der Waals surface area contributed by atoms with Crippen LogP contribution in [-0.2, 0) is 11.8 Å². The van der Waals surface area contributed by atoms with Crippen LogP contribution in [0.5, 0.6) is 5.75 Å². The van der Waals surface area contributed by atoms with Crippen LogP contribution in [0.15, 0.2) is 121 Å². The van der Waals surface area contributed by atoms with Gasteiger partial charge in [-0.25, -0.2) is 0 Å². The summed E-state index contributed by atoms with van der Waals surface area (Å²) >= 11 is 6.47. The van der Waals surface area contributed by atoms with E-state index < -0.39 is 5.41 Å². The minimum absolute atomic E-state index is 0.00530. The monoisotopic (exact) mass is 559 g/mol. The Morgan fingerprint density at radius 1 is 0.756 bits per heavy atom. The first kappa shape index (κ1) is 28.2. The smallest absolute Gasteiger partial charge is 0.259 e. The average molecular weight is 560 g/mol. The molecule has 41 heavy (non-hydrogen) atoms. The lowest BCUT2D eigenvalue weighted by Crippen LogP contribution is -2.31. The van der Waals surface area contributed by atoms with Gasteiger partial charge in [-0.15, -0.1) is 0 Å². The van der Waals surface area contributed by atoms with Gasteiger partial charge in [-0.05, 0) is 71.3 Å². The number of amides is 1. The summed E-state index contributed by atoms with van der Waals surface area (Å²) in [6, 6.07) is 41.2.